The van der Waals surface area contributed by atoms with E-state index in [1.807, 2.05) is 0 Å². The van der Waals surface area contributed by atoms with Crippen LogP contribution in [0.15, 0.2) is 9.28 Å². The zero-order valence-corrected chi connectivity index (χ0v) is 16.2. The molecule has 112 valence electrons. The van der Waals surface area contributed by atoms with Gasteiger partial charge in [-0.05, 0) is 22.1 Å². The van der Waals surface area contributed by atoms with Crippen molar-refractivity contribution < 1.29 is 9.53 Å². The number of halogens is 1. The molecule has 0 bridgehead atoms. The number of ether oxygens (including phenoxy) is 1. The standard InChI is InChI=1S/C15H29IO2Si/c1-6-10-11-14(18-13(5)17)12-15(16)19(7-2,8-3)9-4/h12,14H,6-11H2,1-5H3/b15-12+/t14-/m1/s1. The number of hydrogen-bond acceptors (Lipinski definition) is 2. The molecular weight excluding hydrogens is 367 g/mol. The lowest BCUT2D eigenvalue weighted by molar-refractivity contribution is -0.144. The van der Waals surface area contributed by atoms with Crippen molar-refractivity contribution >= 4 is 36.6 Å². The number of unbranched alkanes of at least 4 members (excludes halogenated alkanes) is 1. The van der Waals surface area contributed by atoms with Crippen LogP contribution in [-0.2, 0) is 9.53 Å². The second kappa shape index (κ2) is 9.97. The summed E-state index contributed by atoms with van der Waals surface area (Å²) >= 11 is 2.50. The molecule has 0 fully saturated rings. The van der Waals surface area contributed by atoms with E-state index < -0.39 is 8.07 Å². The number of esters is 1. The summed E-state index contributed by atoms with van der Waals surface area (Å²) in [6.07, 6.45) is 5.41. The summed E-state index contributed by atoms with van der Waals surface area (Å²) in [6, 6.07) is 3.82. The highest BCUT2D eigenvalue weighted by atomic mass is 127. The number of carbonyl (C=O) groups is 1. The van der Waals surface area contributed by atoms with E-state index >= 15 is 0 Å². The predicted octanol–water partition coefficient (Wildman–Crippen LogP) is 5.47. The van der Waals surface area contributed by atoms with Crippen molar-refractivity contribution in [2.75, 3.05) is 0 Å². The van der Waals surface area contributed by atoms with Gasteiger partial charge in [0.15, 0.2) is 0 Å². The minimum Gasteiger partial charge on any atom is -0.458 e. The maximum absolute atomic E-state index is 11.2. The van der Waals surface area contributed by atoms with Gasteiger partial charge in [-0.1, -0.05) is 74.8 Å². The first-order valence-electron chi connectivity index (χ1n) is 7.50. The highest BCUT2D eigenvalue weighted by molar-refractivity contribution is 14.1. The lowest BCUT2D eigenvalue weighted by Gasteiger charge is -2.29. The van der Waals surface area contributed by atoms with Gasteiger partial charge in [0.1, 0.15) is 6.10 Å². The molecule has 0 rings (SSSR count). The Balaban J connectivity index is 5.01. The Morgan fingerprint density at radius 2 is 1.74 bits per heavy atom. The SMILES string of the molecule is CCCC[C@H](/C=C(\I)[Si](CC)(CC)CC)OC(C)=O. The van der Waals surface area contributed by atoms with Crippen LogP contribution in [0.3, 0.4) is 0 Å². The van der Waals surface area contributed by atoms with Gasteiger partial charge in [-0.15, -0.1) is 0 Å². The Morgan fingerprint density at radius 3 is 2.11 bits per heavy atom. The third-order valence-corrected chi connectivity index (χ3v) is 13.1. The van der Waals surface area contributed by atoms with Crippen LogP contribution in [0.1, 0.15) is 53.9 Å². The first-order valence-corrected chi connectivity index (χ1v) is 11.2. The molecule has 0 aromatic heterocycles. The number of carbonyl (C=O) groups excluding carboxylic acids is 1. The second-order valence-electron chi connectivity index (χ2n) is 5.15. The zero-order valence-electron chi connectivity index (χ0n) is 13.1. The Labute approximate surface area is 133 Å². The second-order valence-corrected chi connectivity index (χ2v) is 12.5. The van der Waals surface area contributed by atoms with Crippen LogP contribution in [0.5, 0.6) is 0 Å². The monoisotopic (exact) mass is 396 g/mol. The van der Waals surface area contributed by atoms with Gasteiger partial charge in [0.05, 0.1) is 8.07 Å². The van der Waals surface area contributed by atoms with E-state index in [-0.39, 0.29) is 12.1 Å². The Kier molecular flexibility index (Phi) is 10.0. The zero-order chi connectivity index (χ0) is 14.9. The maximum atomic E-state index is 11.2. The third-order valence-electron chi connectivity index (χ3n) is 4.03. The van der Waals surface area contributed by atoms with Crippen LogP contribution in [-0.4, -0.2) is 20.1 Å². The normalized spacial score (nSPS) is 14.3. The van der Waals surface area contributed by atoms with E-state index in [1.165, 1.54) is 28.3 Å². The van der Waals surface area contributed by atoms with Gasteiger partial charge in [-0.2, -0.15) is 0 Å². The molecule has 0 radical (unpaired) electrons. The molecular formula is C15H29IO2Si. The Bertz CT molecular complexity index is 290. The van der Waals surface area contributed by atoms with E-state index in [2.05, 4.69) is 56.4 Å². The van der Waals surface area contributed by atoms with Crippen LogP contribution in [0, 0.1) is 0 Å². The van der Waals surface area contributed by atoms with Gasteiger partial charge in [0, 0.05) is 6.92 Å². The first kappa shape index (κ1) is 19.2. The van der Waals surface area contributed by atoms with Crippen molar-refractivity contribution in [3.63, 3.8) is 0 Å². The molecule has 0 aliphatic carbocycles. The van der Waals surface area contributed by atoms with Gasteiger partial charge in [-0.3, -0.25) is 4.79 Å². The summed E-state index contributed by atoms with van der Waals surface area (Å²) in [7, 11) is -1.32. The molecule has 0 unspecified atom stereocenters. The topological polar surface area (TPSA) is 26.3 Å². The summed E-state index contributed by atoms with van der Waals surface area (Å²) in [4.78, 5) is 11.2. The molecule has 0 aliphatic heterocycles. The summed E-state index contributed by atoms with van der Waals surface area (Å²) < 4.78 is 6.94. The van der Waals surface area contributed by atoms with E-state index in [1.54, 1.807) is 0 Å². The van der Waals surface area contributed by atoms with Gasteiger partial charge < -0.3 is 4.74 Å². The lowest BCUT2D eigenvalue weighted by Crippen LogP contribution is -2.33. The minimum atomic E-state index is -1.32. The van der Waals surface area contributed by atoms with Crippen molar-refractivity contribution in [1.29, 1.82) is 0 Å². The smallest absolute Gasteiger partial charge is 0.303 e. The quantitative estimate of drug-likeness (QED) is 0.293. The summed E-state index contributed by atoms with van der Waals surface area (Å²) in [5.41, 5.74) is 0. The average Bonchev–Trinajstić information content (AvgIpc) is 2.38. The molecule has 4 heteroatoms. The van der Waals surface area contributed by atoms with E-state index in [4.69, 9.17) is 4.74 Å². The fraction of sp³-hybridized carbons (Fsp3) is 0.800. The van der Waals surface area contributed by atoms with Crippen molar-refractivity contribution in [3.05, 3.63) is 9.28 Å². The predicted molar refractivity (Wildman–Crippen MR) is 94.4 cm³/mol. The maximum Gasteiger partial charge on any atom is 0.303 e. The van der Waals surface area contributed by atoms with Crippen molar-refractivity contribution in [3.8, 4) is 0 Å². The molecule has 0 aromatic carbocycles. The highest BCUT2D eigenvalue weighted by Crippen LogP contribution is 2.33. The van der Waals surface area contributed by atoms with Crippen LogP contribution >= 0.6 is 22.6 Å². The molecule has 0 amide bonds. The van der Waals surface area contributed by atoms with Crippen LogP contribution in [0.4, 0.5) is 0 Å². The van der Waals surface area contributed by atoms with Gasteiger partial charge in [-0.25, -0.2) is 0 Å². The molecule has 1 atom stereocenters. The van der Waals surface area contributed by atoms with Crippen LogP contribution in [0.25, 0.3) is 0 Å². The highest BCUT2D eigenvalue weighted by Gasteiger charge is 2.30. The van der Waals surface area contributed by atoms with Gasteiger partial charge >= 0.3 is 5.97 Å². The van der Waals surface area contributed by atoms with Crippen molar-refractivity contribution in [1.82, 2.24) is 0 Å². The van der Waals surface area contributed by atoms with E-state index in [9.17, 15) is 4.79 Å². The molecule has 0 N–H and O–H groups in total. The Hall–Kier alpha value is 0.157. The molecule has 19 heavy (non-hydrogen) atoms. The fourth-order valence-corrected chi connectivity index (χ4v) is 9.28. The summed E-state index contributed by atoms with van der Waals surface area (Å²) in [5, 5.41) is 0. The van der Waals surface area contributed by atoms with Crippen molar-refractivity contribution in [2.45, 2.75) is 78.1 Å². The van der Waals surface area contributed by atoms with E-state index in [0.717, 1.165) is 19.3 Å². The molecule has 2 nitrogen and oxygen atoms in total. The molecule has 0 aromatic rings. The Morgan fingerprint density at radius 1 is 1.21 bits per heavy atom. The van der Waals surface area contributed by atoms with E-state index in [0.29, 0.717) is 0 Å². The average molecular weight is 396 g/mol. The number of hydrogen-bond donors (Lipinski definition) is 0. The summed E-state index contributed by atoms with van der Waals surface area (Å²) in [5.74, 6) is -0.168. The third kappa shape index (κ3) is 6.43. The molecule has 0 spiro atoms. The van der Waals surface area contributed by atoms with Gasteiger partial charge in [0.25, 0.3) is 0 Å². The molecule has 0 aliphatic rings. The molecule has 0 saturated carbocycles. The van der Waals surface area contributed by atoms with Gasteiger partial charge in [0.2, 0.25) is 0 Å². The largest absolute Gasteiger partial charge is 0.458 e. The first-order chi connectivity index (χ1) is 8.95. The number of rotatable bonds is 9. The lowest BCUT2D eigenvalue weighted by atomic mass is 10.1. The van der Waals surface area contributed by atoms with Crippen LogP contribution in [0.2, 0.25) is 18.1 Å². The molecule has 0 saturated heterocycles. The molecule has 0 heterocycles. The minimum absolute atomic E-state index is 0.0270. The summed E-state index contributed by atoms with van der Waals surface area (Å²) in [6.45, 7) is 10.6. The van der Waals surface area contributed by atoms with Crippen LogP contribution < -0.4 is 0 Å². The fourth-order valence-electron chi connectivity index (χ4n) is 2.39. The van der Waals surface area contributed by atoms with Crippen molar-refractivity contribution in [2.24, 2.45) is 0 Å².